The number of hydrogen-bond donors (Lipinski definition) is 0. The Morgan fingerprint density at radius 1 is 1.00 bits per heavy atom. The third kappa shape index (κ3) is 2.69. The monoisotopic (exact) mass is 406 g/mol. The first-order valence-electron chi connectivity index (χ1n) is 9.94. The average molecular weight is 406 g/mol. The zero-order chi connectivity index (χ0) is 21.0. The van der Waals surface area contributed by atoms with Gasteiger partial charge in [-0.05, 0) is 48.7 Å². The number of nitriles is 1. The molecule has 0 radical (unpaired) electrons. The highest BCUT2D eigenvalue weighted by molar-refractivity contribution is 5.79. The molecule has 0 aliphatic heterocycles. The first kappa shape index (κ1) is 17.7. The van der Waals surface area contributed by atoms with E-state index in [1.54, 1.807) is 23.0 Å². The Kier molecular flexibility index (Phi) is 3.65. The molecule has 2 aromatic carbocycles. The van der Waals surface area contributed by atoms with Gasteiger partial charge in [0.05, 0.1) is 29.2 Å². The van der Waals surface area contributed by atoms with Crippen LogP contribution < -0.4 is 0 Å². The number of nitrogens with zero attached hydrogens (tertiary/aromatic N) is 6. The Morgan fingerprint density at radius 3 is 2.68 bits per heavy atom. The molecule has 0 bridgehead atoms. The second kappa shape index (κ2) is 6.41. The van der Waals surface area contributed by atoms with Gasteiger partial charge in [0.25, 0.3) is 5.78 Å². The normalized spacial score (nSPS) is 14.6. The summed E-state index contributed by atoms with van der Waals surface area (Å²) in [6.07, 6.45) is 7.18. The number of fused-ring (bicyclic) bond motifs is 2. The summed E-state index contributed by atoms with van der Waals surface area (Å²) in [5, 5.41) is 14.8. The molecular weight excluding hydrogens is 391 g/mol. The number of halogens is 1. The molecule has 1 aliphatic rings. The van der Waals surface area contributed by atoms with Crippen molar-refractivity contribution in [3.63, 3.8) is 0 Å². The molecule has 1 fully saturated rings. The van der Waals surface area contributed by atoms with Gasteiger partial charge in [0, 0.05) is 22.6 Å². The molecule has 5 aromatic rings. The molecule has 0 saturated heterocycles. The van der Waals surface area contributed by atoms with Crippen LogP contribution in [0.1, 0.15) is 29.7 Å². The van der Waals surface area contributed by atoms with E-state index in [1.165, 1.54) is 17.7 Å². The van der Waals surface area contributed by atoms with Crippen molar-refractivity contribution >= 4 is 16.7 Å². The number of benzene rings is 2. The minimum absolute atomic E-state index is 0.00355. The summed E-state index contributed by atoms with van der Waals surface area (Å²) in [5.41, 5.74) is 4.04. The van der Waals surface area contributed by atoms with Crippen LogP contribution in [0.5, 0.6) is 0 Å². The topological polar surface area (TPSA) is 79.8 Å². The zero-order valence-electron chi connectivity index (χ0n) is 16.3. The fourth-order valence-corrected chi connectivity index (χ4v) is 4.19. The largest absolute Gasteiger partial charge is 0.256 e. The van der Waals surface area contributed by atoms with Gasteiger partial charge in [-0.1, -0.05) is 18.2 Å². The predicted octanol–water partition coefficient (Wildman–Crippen LogP) is 4.43. The highest BCUT2D eigenvalue weighted by Gasteiger charge is 2.48. The van der Waals surface area contributed by atoms with Crippen LogP contribution in [0.4, 0.5) is 4.39 Å². The van der Waals surface area contributed by atoms with E-state index >= 15 is 0 Å². The molecule has 3 aromatic heterocycles. The van der Waals surface area contributed by atoms with Crippen LogP contribution in [0.3, 0.4) is 0 Å². The summed E-state index contributed by atoms with van der Waals surface area (Å²) in [7, 11) is 0. The summed E-state index contributed by atoms with van der Waals surface area (Å²) in [5.74, 6) is -0.0715. The Morgan fingerprint density at radius 2 is 1.87 bits per heavy atom. The zero-order valence-corrected chi connectivity index (χ0v) is 16.3. The highest BCUT2D eigenvalue weighted by atomic mass is 19.1. The second-order valence-corrected chi connectivity index (χ2v) is 7.80. The molecular formula is C24H15FN6. The fourth-order valence-electron chi connectivity index (χ4n) is 4.19. The summed E-state index contributed by atoms with van der Waals surface area (Å²) >= 11 is 0. The minimum Gasteiger partial charge on any atom is -0.256 e. The lowest BCUT2D eigenvalue weighted by Crippen LogP contribution is -2.14. The van der Waals surface area contributed by atoms with E-state index in [0.717, 1.165) is 29.4 Å². The lowest BCUT2D eigenvalue weighted by Gasteiger charge is -2.16. The molecule has 3 heterocycles. The molecule has 0 N–H and O–H groups in total. The van der Waals surface area contributed by atoms with Crippen LogP contribution >= 0.6 is 0 Å². The van der Waals surface area contributed by atoms with Crippen molar-refractivity contribution in [1.82, 2.24) is 24.6 Å². The molecule has 0 spiro atoms. The van der Waals surface area contributed by atoms with E-state index in [4.69, 9.17) is 10.4 Å². The van der Waals surface area contributed by atoms with Crippen molar-refractivity contribution in [2.45, 2.75) is 18.3 Å². The van der Waals surface area contributed by atoms with E-state index in [1.807, 2.05) is 24.4 Å². The SMILES string of the molecule is N#Cc1ccc(-c2cnc3ncc(C4(c5ccc6ncccc6c5)CC4)n3n2)cc1F. The first-order valence-corrected chi connectivity index (χ1v) is 9.94. The highest BCUT2D eigenvalue weighted by Crippen LogP contribution is 2.53. The van der Waals surface area contributed by atoms with Gasteiger partial charge >= 0.3 is 0 Å². The molecule has 0 atom stereocenters. The number of hydrogen-bond acceptors (Lipinski definition) is 5. The molecule has 31 heavy (non-hydrogen) atoms. The second-order valence-electron chi connectivity index (χ2n) is 7.80. The van der Waals surface area contributed by atoms with Gasteiger partial charge in [0.1, 0.15) is 17.6 Å². The van der Waals surface area contributed by atoms with Crippen molar-refractivity contribution in [1.29, 1.82) is 5.26 Å². The lowest BCUT2D eigenvalue weighted by atomic mass is 9.91. The van der Waals surface area contributed by atoms with E-state index in [-0.39, 0.29) is 11.0 Å². The molecule has 7 heteroatoms. The maximum absolute atomic E-state index is 14.1. The van der Waals surface area contributed by atoms with E-state index in [2.05, 4.69) is 33.2 Å². The standard InChI is InChI=1S/C24H15FN6/c25-19-11-16(3-4-17(19)12-26)21-13-28-23-29-14-22(31(23)30-21)24(7-8-24)18-5-6-20-15(10-18)2-1-9-27-20/h1-6,9-11,13-14H,7-8H2. The third-order valence-electron chi connectivity index (χ3n) is 6.01. The van der Waals surface area contributed by atoms with Gasteiger partial charge in [-0.25, -0.2) is 14.4 Å². The van der Waals surface area contributed by atoms with E-state index < -0.39 is 5.82 Å². The van der Waals surface area contributed by atoms with Crippen LogP contribution in [0.15, 0.2) is 67.1 Å². The van der Waals surface area contributed by atoms with Gasteiger partial charge in [-0.2, -0.15) is 14.9 Å². The number of rotatable bonds is 3. The average Bonchev–Trinajstić information content (AvgIpc) is 3.51. The minimum atomic E-state index is -0.573. The molecule has 6 rings (SSSR count). The smallest absolute Gasteiger partial charge is 0.250 e. The van der Waals surface area contributed by atoms with Gasteiger partial charge in [0.15, 0.2) is 0 Å². The maximum atomic E-state index is 14.1. The van der Waals surface area contributed by atoms with Crippen LogP contribution in [-0.2, 0) is 5.41 Å². The summed E-state index contributed by atoms with van der Waals surface area (Å²) < 4.78 is 15.9. The van der Waals surface area contributed by atoms with Crippen LogP contribution in [0, 0.1) is 17.1 Å². The first-order chi connectivity index (χ1) is 15.2. The van der Waals surface area contributed by atoms with Gasteiger partial charge < -0.3 is 0 Å². The Balaban J connectivity index is 1.48. The molecule has 1 aliphatic carbocycles. The molecule has 148 valence electrons. The Hall–Kier alpha value is -4.18. The molecule has 1 saturated carbocycles. The van der Waals surface area contributed by atoms with Crippen LogP contribution in [0.2, 0.25) is 0 Å². The predicted molar refractivity (Wildman–Crippen MR) is 113 cm³/mol. The molecule has 0 unspecified atom stereocenters. The van der Waals surface area contributed by atoms with Crippen LogP contribution in [0.25, 0.3) is 27.9 Å². The summed E-state index contributed by atoms with van der Waals surface area (Å²) in [4.78, 5) is 13.3. The number of pyridine rings is 1. The third-order valence-corrected chi connectivity index (χ3v) is 6.01. The maximum Gasteiger partial charge on any atom is 0.250 e. The van der Waals surface area contributed by atoms with Crippen molar-refractivity contribution in [2.75, 3.05) is 0 Å². The Labute approximate surface area is 176 Å². The fraction of sp³-hybridized carbons (Fsp3) is 0.125. The van der Waals surface area contributed by atoms with Crippen LogP contribution in [-0.4, -0.2) is 24.6 Å². The summed E-state index contributed by atoms with van der Waals surface area (Å²) in [6.45, 7) is 0. The quantitative estimate of drug-likeness (QED) is 0.443. The molecule has 6 nitrogen and oxygen atoms in total. The molecule has 0 amide bonds. The summed E-state index contributed by atoms with van der Waals surface area (Å²) in [6, 6.07) is 16.6. The van der Waals surface area contributed by atoms with Gasteiger partial charge in [-0.15, -0.1) is 0 Å². The van der Waals surface area contributed by atoms with Crippen molar-refractivity contribution in [3.05, 3.63) is 89.8 Å². The van der Waals surface area contributed by atoms with E-state index in [9.17, 15) is 4.39 Å². The van der Waals surface area contributed by atoms with Gasteiger partial charge in [0.2, 0.25) is 0 Å². The number of aromatic nitrogens is 5. The van der Waals surface area contributed by atoms with Crippen molar-refractivity contribution in [2.24, 2.45) is 0 Å². The van der Waals surface area contributed by atoms with Gasteiger partial charge in [-0.3, -0.25) is 4.98 Å². The lowest BCUT2D eigenvalue weighted by molar-refractivity contribution is 0.624. The van der Waals surface area contributed by atoms with E-state index in [0.29, 0.717) is 17.0 Å². The van der Waals surface area contributed by atoms with Crippen molar-refractivity contribution in [3.8, 4) is 17.3 Å². The number of imidazole rings is 1. The Bertz CT molecular complexity index is 1530. The van der Waals surface area contributed by atoms with Crippen molar-refractivity contribution < 1.29 is 4.39 Å².